The predicted octanol–water partition coefficient (Wildman–Crippen LogP) is 1.48. The highest BCUT2D eigenvalue weighted by Gasteiger charge is 2.30. The molecule has 2 N–H and O–H groups in total. The van der Waals surface area contributed by atoms with Crippen molar-refractivity contribution in [1.29, 1.82) is 5.26 Å². The van der Waals surface area contributed by atoms with Crippen molar-refractivity contribution in [3.63, 3.8) is 0 Å². The number of nitrogens with zero attached hydrogens (tertiary/aromatic N) is 4. The molecule has 0 aromatic carbocycles. The van der Waals surface area contributed by atoms with Gasteiger partial charge >= 0.3 is 12.4 Å². The fourth-order valence-corrected chi connectivity index (χ4v) is 1.91. The Bertz CT molecular complexity index is 558. The van der Waals surface area contributed by atoms with Crippen molar-refractivity contribution in [2.75, 3.05) is 6.61 Å². The molecule has 0 radical (unpaired) electrons. The molecule has 1 unspecified atom stereocenters. The molecule has 0 aromatic rings. The molecule has 1 heterocycles. The summed E-state index contributed by atoms with van der Waals surface area (Å²) in [4.78, 5) is 16.1. The summed E-state index contributed by atoms with van der Waals surface area (Å²) in [5, 5.41) is 14.0. The number of esters is 1. The lowest BCUT2D eigenvalue weighted by atomic mass is 10.0. The van der Waals surface area contributed by atoms with Crippen LogP contribution in [-0.2, 0) is 14.3 Å². The summed E-state index contributed by atoms with van der Waals surface area (Å²) in [6.45, 7) is 7.11. The number of hydrogen-bond acceptors (Lipinski definition) is 8. The molecule has 0 amide bonds. The normalized spacial score (nSPS) is 16.9. The van der Waals surface area contributed by atoms with Crippen molar-refractivity contribution in [1.82, 2.24) is 5.01 Å². The first-order chi connectivity index (χ1) is 11.1. The Morgan fingerprint density at radius 1 is 1.57 bits per heavy atom. The van der Waals surface area contributed by atoms with Gasteiger partial charge in [-0.1, -0.05) is 26.5 Å². The summed E-state index contributed by atoms with van der Waals surface area (Å²) >= 11 is 0. The van der Waals surface area contributed by atoms with Crippen LogP contribution in [0, 0.1) is 17.2 Å². The number of amidine groups is 1. The van der Waals surface area contributed by atoms with Crippen molar-refractivity contribution in [2.24, 2.45) is 21.7 Å². The fourth-order valence-electron chi connectivity index (χ4n) is 1.91. The van der Waals surface area contributed by atoms with Crippen LogP contribution in [0.3, 0.4) is 0 Å². The maximum atomic E-state index is 12.2. The van der Waals surface area contributed by atoms with Crippen LogP contribution in [0.1, 0.15) is 26.7 Å². The lowest BCUT2D eigenvalue weighted by Crippen LogP contribution is -2.43. The third-order valence-corrected chi connectivity index (χ3v) is 3.18. The first-order valence-electron chi connectivity index (χ1n) is 7.26. The standard InChI is InChI=1S/C15H21N5O3/c1-4-7-12-13(17)18-10-19-20(12)15(22-9-8-16)23-14(21)11(5-2)6-3/h4,7,10-11,15H,1,5-6,9H2,2-3H3,(H2,17,18,19)/b12-7-. The van der Waals surface area contributed by atoms with Crippen molar-refractivity contribution in [3.05, 3.63) is 24.4 Å². The molecule has 1 aliphatic heterocycles. The smallest absolute Gasteiger partial charge is 0.312 e. The van der Waals surface area contributed by atoms with Gasteiger partial charge < -0.3 is 15.2 Å². The zero-order chi connectivity index (χ0) is 17.2. The van der Waals surface area contributed by atoms with E-state index in [9.17, 15) is 4.79 Å². The van der Waals surface area contributed by atoms with Gasteiger partial charge in [0, 0.05) is 0 Å². The predicted molar refractivity (Wildman–Crippen MR) is 85.8 cm³/mol. The second-order valence-corrected chi connectivity index (χ2v) is 4.60. The molecule has 0 fully saturated rings. The van der Waals surface area contributed by atoms with Gasteiger partial charge in [-0.25, -0.2) is 4.99 Å². The number of aliphatic imine (C=N–C) groups is 1. The van der Waals surface area contributed by atoms with E-state index in [2.05, 4.69) is 16.7 Å². The van der Waals surface area contributed by atoms with E-state index >= 15 is 0 Å². The van der Waals surface area contributed by atoms with Crippen LogP contribution >= 0.6 is 0 Å². The summed E-state index contributed by atoms with van der Waals surface area (Å²) in [6, 6.07) is 1.83. The summed E-state index contributed by atoms with van der Waals surface area (Å²) in [7, 11) is 0. The Morgan fingerprint density at radius 3 is 2.83 bits per heavy atom. The van der Waals surface area contributed by atoms with Crippen molar-refractivity contribution in [2.45, 2.75) is 33.1 Å². The number of carbonyl (C=O) groups is 1. The molecule has 1 aliphatic rings. The van der Waals surface area contributed by atoms with Gasteiger partial charge in [-0.3, -0.25) is 4.79 Å². The molecule has 1 atom stereocenters. The lowest BCUT2D eigenvalue weighted by Gasteiger charge is -2.30. The summed E-state index contributed by atoms with van der Waals surface area (Å²) in [6.07, 6.45) is 4.34. The fraction of sp³-hybridized carbons (Fsp3) is 0.467. The van der Waals surface area contributed by atoms with Crippen LogP contribution in [0.25, 0.3) is 0 Å². The van der Waals surface area contributed by atoms with E-state index in [1.54, 1.807) is 6.08 Å². The van der Waals surface area contributed by atoms with Crippen LogP contribution in [0.4, 0.5) is 0 Å². The van der Waals surface area contributed by atoms with E-state index in [-0.39, 0.29) is 18.4 Å². The molecule has 8 heteroatoms. The monoisotopic (exact) mass is 319 g/mol. The summed E-state index contributed by atoms with van der Waals surface area (Å²) < 4.78 is 10.7. The SMILES string of the molecule is C=C/C=C1/C(N)=NC=NN1C(OCC#N)OC(=O)C(CC)CC. The van der Waals surface area contributed by atoms with Crippen LogP contribution in [0.15, 0.2) is 34.5 Å². The van der Waals surface area contributed by atoms with Crippen LogP contribution in [0.2, 0.25) is 0 Å². The van der Waals surface area contributed by atoms with Gasteiger partial charge in [0.05, 0.1) is 12.0 Å². The van der Waals surface area contributed by atoms with E-state index in [4.69, 9.17) is 20.5 Å². The molecule has 23 heavy (non-hydrogen) atoms. The average Bonchev–Trinajstić information content (AvgIpc) is 2.54. The minimum absolute atomic E-state index is 0.170. The zero-order valence-electron chi connectivity index (χ0n) is 13.3. The molecular weight excluding hydrogens is 298 g/mol. The van der Waals surface area contributed by atoms with E-state index < -0.39 is 12.4 Å². The third-order valence-electron chi connectivity index (χ3n) is 3.18. The number of nitrogens with two attached hydrogens (primary N) is 1. The quantitative estimate of drug-likeness (QED) is 0.535. The zero-order valence-corrected chi connectivity index (χ0v) is 13.3. The van der Waals surface area contributed by atoms with E-state index in [1.807, 2.05) is 19.9 Å². The van der Waals surface area contributed by atoms with Crippen LogP contribution in [0.5, 0.6) is 0 Å². The molecular formula is C15H21N5O3. The van der Waals surface area contributed by atoms with Gasteiger partial charge in [-0.05, 0) is 18.9 Å². The Kier molecular flexibility index (Phi) is 7.50. The molecule has 0 saturated carbocycles. The molecule has 0 aromatic heterocycles. The van der Waals surface area contributed by atoms with Gasteiger partial charge in [0.25, 0.3) is 0 Å². The van der Waals surface area contributed by atoms with Gasteiger partial charge in [0.2, 0.25) is 0 Å². The number of nitriles is 1. The maximum absolute atomic E-state index is 12.2. The van der Waals surface area contributed by atoms with Gasteiger partial charge in [0.1, 0.15) is 18.6 Å². The summed E-state index contributed by atoms with van der Waals surface area (Å²) in [5.41, 5.74) is 6.17. The Morgan fingerprint density at radius 2 is 2.26 bits per heavy atom. The first kappa shape index (κ1) is 18.4. The van der Waals surface area contributed by atoms with Gasteiger partial charge in [0.15, 0.2) is 5.84 Å². The van der Waals surface area contributed by atoms with Crippen molar-refractivity contribution >= 4 is 18.1 Å². The maximum Gasteiger partial charge on any atom is 0.312 e. The molecule has 124 valence electrons. The summed E-state index contributed by atoms with van der Waals surface area (Å²) in [5.74, 6) is -0.508. The molecule has 1 rings (SSSR count). The van der Waals surface area contributed by atoms with E-state index in [1.165, 1.54) is 17.4 Å². The Balaban J connectivity index is 3.01. The third kappa shape index (κ3) is 4.93. The first-order valence-corrected chi connectivity index (χ1v) is 7.26. The van der Waals surface area contributed by atoms with Crippen LogP contribution in [-0.4, -0.2) is 36.2 Å². The highest BCUT2D eigenvalue weighted by molar-refractivity contribution is 6.01. The van der Waals surface area contributed by atoms with E-state index in [0.717, 1.165) is 0 Å². The second kappa shape index (κ2) is 9.38. The Labute approximate surface area is 135 Å². The van der Waals surface area contributed by atoms with Gasteiger partial charge in [-0.2, -0.15) is 15.4 Å². The minimum Gasteiger partial charge on any atom is -0.414 e. The lowest BCUT2D eigenvalue weighted by molar-refractivity contribution is -0.215. The number of hydrazone groups is 1. The highest BCUT2D eigenvalue weighted by Crippen LogP contribution is 2.19. The van der Waals surface area contributed by atoms with E-state index in [0.29, 0.717) is 18.5 Å². The number of allylic oxidation sites excluding steroid dienone is 2. The average molecular weight is 319 g/mol. The van der Waals surface area contributed by atoms with Crippen molar-refractivity contribution < 1.29 is 14.3 Å². The minimum atomic E-state index is -1.21. The molecule has 0 bridgehead atoms. The Hall–Kier alpha value is -2.66. The molecule has 0 aliphatic carbocycles. The number of ether oxygens (including phenoxy) is 2. The topological polar surface area (TPSA) is 113 Å². The van der Waals surface area contributed by atoms with Crippen molar-refractivity contribution in [3.8, 4) is 6.07 Å². The molecule has 0 spiro atoms. The largest absolute Gasteiger partial charge is 0.414 e. The number of rotatable bonds is 8. The molecule has 0 saturated heterocycles. The number of carbonyl (C=O) groups excluding carboxylic acids is 1. The second-order valence-electron chi connectivity index (χ2n) is 4.60. The highest BCUT2D eigenvalue weighted by atomic mass is 16.7. The van der Waals surface area contributed by atoms with Crippen LogP contribution < -0.4 is 5.73 Å². The number of hydrogen-bond donors (Lipinski definition) is 1. The molecule has 8 nitrogen and oxygen atoms in total. The van der Waals surface area contributed by atoms with Gasteiger partial charge in [-0.15, -0.1) is 0 Å².